The van der Waals surface area contributed by atoms with Crippen molar-refractivity contribution in [1.82, 2.24) is 15.0 Å². The third kappa shape index (κ3) is 3.42. The number of anilines is 1. The Morgan fingerprint density at radius 3 is 2.96 bits per heavy atom. The van der Waals surface area contributed by atoms with Crippen LogP contribution in [0.4, 0.5) is 10.1 Å². The van der Waals surface area contributed by atoms with Gasteiger partial charge >= 0.3 is 0 Å². The Morgan fingerprint density at radius 2 is 2.12 bits per heavy atom. The molecule has 0 unspecified atom stereocenters. The van der Waals surface area contributed by atoms with E-state index in [1.165, 1.54) is 30.2 Å². The van der Waals surface area contributed by atoms with Gasteiger partial charge in [-0.3, -0.25) is 4.79 Å². The molecular weight excluding hydrogens is 419 g/mol. The normalized spacial score (nSPS) is 11.2. The lowest BCUT2D eigenvalue weighted by atomic mass is 10.2. The van der Waals surface area contributed by atoms with Gasteiger partial charge in [-0.1, -0.05) is 33.8 Å². The number of fused-ring (bicyclic) bond motifs is 3. The summed E-state index contributed by atoms with van der Waals surface area (Å²) in [4.78, 5) is 24.1. The number of aromatic amines is 1. The summed E-state index contributed by atoms with van der Waals surface area (Å²) in [6.07, 6.45) is 1.49. The molecule has 4 aromatic rings. The lowest BCUT2D eigenvalue weighted by molar-refractivity contribution is -0.113. The predicted octanol–water partition coefficient (Wildman–Crippen LogP) is 4.74. The summed E-state index contributed by atoms with van der Waals surface area (Å²) in [6, 6.07) is 11.7. The maximum Gasteiger partial charge on any atom is 0.234 e. The van der Waals surface area contributed by atoms with Crippen molar-refractivity contribution in [2.45, 2.75) is 5.03 Å². The fraction of sp³-hybridized carbons (Fsp3) is 0.0556. The van der Waals surface area contributed by atoms with Gasteiger partial charge in [-0.15, -0.1) is 0 Å². The Bertz CT molecular complexity index is 1130. The van der Waals surface area contributed by atoms with Gasteiger partial charge in [-0.05, 0) is 36.4 Å². The SMILES string of the molecule is O=C(CSc1ncnc2c1[nH]c1ccc(Br)cc12)Nc1cccc(F)c1. The molecule has 0 spiro atoms. The predicted molar refractivity (Wildman–Crippen MR) is 105 cm³/mol. The van der Waals surface area contributed by atoms with Crippen LogP contribution in [-0.4, -0.2) is 26.6 Å². The molecule has 26 heavy (non-hydrogen) atoms. The third-order valence-corrected chi connectivity index (χ3v) is 5.24. The summed E-state index contributed by atoms with van der Waals surface area (Å²) in [5, 5.41) is 4.36. The molecule has 1 amide bonds. The number of hydrogen-bond donors (Lipinski definition) is 2. The van der Waals surface area contributed by atoms with Crippen LogP contribution >= 0.6 is 27.7 Å². The van der Waals surface area contributed by atoms with Crippen molar-refractivity contribution in [2.75, 3.05) is 11.1 Å². The Balaban J connectivity index is 1.55. The van der Waals surface area contributed by atoms with Crippen LogP contribution in [0.1, 0.15) is 0 Å². The van der Waals surface area contributed by atoms with Crippen molar-refractivity contribution in [2.24, 2.45) is 0 Å². The zero-order chi connectivity index (χ0) is 18.1. The van der Waals surface area contributed by atoms with E-state index < -0.39 is 5.82 Å². The van der Waals surface area contributed by atoms with Crippen molar-refractivity contribution in [3.63, 3.8) is 0 Å². The van der Waals surface area contributed by atoms with Gasteiger partial charge in [0.15, 0.2) is 0 Å². The van der Waals surface area contributed by atoms with Crippen molar-refractivity contribution in [3.8, 4) is 0 Å². The molecule has 0 aliphatic rings. The molecule has 130 valence electrons. The summed E-state index contributed by atoms with van der Waals surface area (Å²) in [6.45, 7) is 0. The summed E-state index contributed by atoms with van der Waals surface area (Å²) < 4.78 is 14.2. The summed E-state index contributed by atoms with van der Waals surface area (Å²) >= 11 is 4.77. The van der Waals surface area contributed by atoms with Crippen LogP contribution in [0.25, 0.3) is 21.9 Å². The molecule has 5 nitrogen and oxygen atoms in total. The standard InChI is InChI=1S/C18H12BrFN4OS/c19-10-4-5-14-13(6-10)16-17(24-14)18(22-9-21-16)26-8-15(25)23-12-3-1-2-11(20)7-12/h1-7,9,24H,8H2,(H,23,25). The smallest absolute Gasteiger partial charge is 0.234 e. The van der Waals surface area contributed by atoms with Crippen LogP contribution in [0.5, 0.6) is 0 Å². The minimum absolute atomic E-state index is 0.154. The number of H-pyrrole nitrogens is 1. The number of carbonyl (C=O) groups is 1. The topological polar surface area (TPSA) is 70.7 Å². The molecule has 0 saturated heterocycles. The lowest BCUT2D eigenvalue weighted by Crippen LogP contribution is -2.14. The van der Waals surface area contributed by atoms with E-state index in [4.69, 9.17) is 0 Å². The number of hydrogen-bond acceptors (Lipinski definition) is 4. The second-order valence-electron chi connectivity index (χ2n) is 5.56. The number of nitrogens with one attached hydrogen (secondary N) is 2. The average Bonchev–Trinajstić information content (AvgIpc) is 2.98. The van der Waals surface area contributed by atoms with Crippen LogP contribution in [0.15, 0.2) is 58.3 Å². The summed E-state index contributed by atoms with van der Waals surface area (Å²) in [7, 11) is 0. The highest BCUT2D eigenvalue weighted by atomic mass is 79.9. The number of carbonyl (C=O) groups excluding carboxylic acids is 1. The molecular formula is C18H12BrFN4OS. The fourth-order valence-electron chi connectivity index (χ4n) is 2.65. The maximum absolute atomic E-state index is 13.2. The van der Waals surface area contributed by atoms with E-state index in [0.29, 0.717) is 10.7 Å². The van der Waals surface area contributed by atoms with Gasteiger partial charge < -0.3 is 10.3 Å². The van der Waals surface area contributed by atoms with Gasteiger partial charge in [0.2, 0.25) is 5.91 Å². The first kappa shape index (κ1) is 17.0. The molecule has 2 aromatic heterocycles. The number of aromatic nitrogens is 3. The van der Waals surface area contributed by atoms with Gasteiger partial charge in [0.1, 0.15) is 22.7 Å². The maximum atomic E-state index is 13.2. The molecule has 0 fully saturated rings. The first-order valence-corrected chi connectivity index (χ1v) is 9.48. The van der Waals surface area contributed by atoms with E-state index in [1.807, 2.05) is 18.2 Å². The van der Waals surface area contributed by atoms with Crippen LogP contribution in [-0.2, 0) is 4.79 Å². The Labute approximate surface area is 160 Å². The highest BCUT2D eigenvalue weighted by Crippen LogP contribution is 2.31. The molecule has 0 atom stereocenters. The quantitative estimate of drug-likeness (QED) is 0.362. The zero-order valence-electron chi connectivity index (χ0n) is 13.3. The van der Waals surface area contributed by atoms with Crippen molar-refractivity contribution in [3.05, 3.63) is 59.1 Å². The highest BCUT2D eigenvalue weighted by Gasteiger charge is 2.13. The lowest BCUT2D eigenvalue weighted by Gasteiger charge is -2.05. The van der Waals surface area contributed by atoms with Crippen molar-refractivity contribution >= 4 is 61.2 Å². The largest absolute Gasteiger partial charge is 0.351 e. The van der Waals surface area contributed by atoms with E-state index in [1.54, 1.807) is 12.1 Å². The Hall–Kier alpha value is -2.45. The van der Waals surface area contributed by atoms with Crippen LogP contribution < -0.4 is 5.32 Å². The van der Waals surface area contributed by atoms with Gasteiger partial charge in [0.05, 0.1) is 11.3 Å². The molecule has 8 heteroatoms. The highest BCUT2D eigenvalue weighted by molar-refractivity contribution is 9.10. The van der Waals surface area contributed by atoms with Crippen LogP contribution in [0.2, 0.25) is 0 Å². The molecule has 2 aromatic carbocycles. The van der Waals surface area contributed by atoms with Gasteiger partial charge in [-0.2, -0.15) is 0 Å². The molecule has 2 heterocycles. The number of amides is 1. The molecule has 0 saturated carbocycles. The third-order valence-electron chi connectivity index (χ3n) is 3.76. The molecule has 2 N–H and O–H groups in total. The Morgan fingerprint density at radius 1 is 1.23 bits per heavy atom. The molecule has 4 rings (SSSR count). The van der Waals surface area contributed by atoms with Crippen LogP contribution in [0, 0.1) is 5.82 Å². The second-order valence-corrected chi connectivity index (χ2v) is 7.44. The first-order chi connectivity index (χ1) is 12.6. The monoisotopic (exact) mass is 430 g/mol. The van der Waals surface area contributed by atoms with Crippen molar-refractivity contribution in [1.29, 1.82) is 0 Å². The molecule has 0 aliphatic carbocycles. The number of halogens is 2. The number of benzene rings is 2. The minimum atomic E-state index is -0.391. The van der Waals surface area contributed by atoms with Gasteiger partial charge in [-0.25, -0.2) is 14.4 Å². The van der Waals surface area contributed by atoms with E-state index in [2.05, 4.69) is 36.2 Å². The number of nitrogens with zero attached hydrogens (tertiary/aromatic N) is 2. The molecule has 0 aliphatic heterocycles. The summed E-state index contributed by atoms with van der Waals surface area (Å²) in [5.74, 6) is -0.467. The van der Waals surface area contributed by atoms with E-state index >= 15 is 0 Å². The Kier molecular flexibility index (Phi) is 4.60. The number of thioether (sulfide) groups is 1. The molecule has 0 bridgehead atoms. The van der Waals surface area contributed by atoms with E-state index in [0.717, 1.165) is 26.4 Å². The molecule has 0 radical (unpaired) electrons. The second kappa shape index (κ2) is 7.05. The van der Waals surface area contributed by atoms with E-state index in [9.17, 15) is 9.18 Å². The number of rotatable bonds is 4. The summed E-state index contributed by atoms with van der Waals surface area (Å²) in [5.41, 5.74) is 2.99. The van der Waals surface area contributed by atoms with Gasteiger partial charge in [0, 0.05) is 21.1 Å². The fourth-order valence-corrected chi connectivity index (χ4v) is 3.76. The zero-order valence-corrected chi connectivity index (χ0v) is 15.7. The van der Waals surface area contributed by atoms with Crippen LogP contribution in [0.3, 0.4) is 0 Å². The first-order valence-electron chi connectivity index (χ1n) is 7.70. The van der Waals surface area contributed by atoms with Gasteiger partial charge in [0.25, 0.3) is 0 Å². The van der Waals surface area contributed by atoms with Crippen molar-refractivity contribution < 1.29 is 9.18 Å². The minimum Gasteiger partial charge on any atom is -0.351 e. The van der Waals surface area contributed by atoms with E-state index in [-0.39, 0.29) is 11.7 Å². The average molecular weight is 431 g/mol.